The molecule has 0 heterocycles. The molecule has 40 valence electrons. The molecule has 3 heteroatoms. The van der Waals surface area contributed by atoms with Gasteiger partial charge in [0.05, 0.1) is 0 Å². The molecule has 0 aliphatic rings. The van der Waals surface area contributed by atoms with Crippen LogP contribution in [-0.4, -0.2) is 11.9 Å². The van der Waals surface area contributed by atoms with Gasteiger partial charge in [-0.1, -0.05) is 0 Å². The van der Waals surface area contributed by atoms with Crippen LogP contribution in [0.15, 0.2) is 0 Å². The normalized spacial score (nSPS) is 7.71. The van der Waals surface area contributed by atoms with Crippen molar-refractivity contribution in [1.82, 2.24) is 0 Å². The van der Waals surface area contributed by atoms with Crippen molar-refractivity contribution in [3.05, 3.63) is 0 Å². The van der Waals surface area contributed by atoms with E-state index >= 15 is 0 Å². The average Bonchev–Trinajstić information content (AvgIpc) is 1.27. The molecule has 3 nitrogen and oxygen atoms in total. The van der Waals surface area contributed by atoms with Crippen LogP contribution in [0, 0.1) is 0 Å². The van der Waals surface area contributed by atoms with Gasteiger partial charge in [-0.05, 0) is 0 Å². The fourth-order valence-corrected chi connectivity index (χ4v) is 0.202. The highest BCUT2D eigenvalue weighted by Crippen LogP contribution is 1.73. The first-order valence-corrected chi connectivity index (χ1v) is 1.82. The van der Waals surface area contributed by atoms with Gasteiger partial charge in [0.2, 0.25) is 0 Å². The number of hydrogen-bond acceptors (Lipinski definition) is 3. The van der Waals surface area contributed by atoms with E-state index < -0.39 is 11.9 Å². The van der Waals surface area contributed by atoms with Gasteiger partial charge in [0, 0.05) is 13.8 Å². The molecule has 0 rings (SSSR count). The highest BCUT2D eigenvalue weighted by atomic mass is 16.9. The van der Waals surface area contributed by atoms with E-state index in [2.05, 4.69) is 4.74 Å². The van der Waals surface area contributed by atoms with Crippen LogP contribution < -0.4 is 0 Å². The summed E-state index contributed by atoms with van der Waals surface area (Å²) in [5.41, 5.74) is 0. The second kappa shape index (κ2) is 2.34. The van der Waals surface area contributed by atoms with Crippen molar-refractivity contribution < 1.29 is 14.3 Å². The van der Waals surface area contributed by atoms with E-state index in [4.69, 9.17) is 0 Å². The first kappa shape index (κ1) is 6.14. The molecular weight excluding hydrogens is 100 g/mol. The second-order valence-electron chi connectivity index (χ2n) is 1.09. The molecular formula is C4H6O3. The summed E-state index contributed by atoms with van der Waals surface area (Å²) in [7, 11) is 0. The molecule has 0 saturated heterocycles. The van der Waals surface area contributed by atoms with Gasteiger partial charge in [0.1, 0.15) is 0 Å². The molecule has 0 N–H and O–H groups in total. The molecule has 0 fully saturated rings. The second-order valence-corrected chi connectivity index (χ2v) is 1.09. The zero-order valence-electron chi connectivity index (χ0n) is 4.22. The third kappa shape index (κ3) is 5.14. The van der Waals surface area contributed by atoms with Gasteiger partial charge in [0.25, 0.3) is 0 Å². The molecule has 7 heavy (non-hydrogen) atoms. The Morgan fingerprint density at radius 2 is 1.43 bits per heavy atom. The summed E-state index contributed by atoms with van der Waals surface area (Å²) in [5.74, 6) is -1.12. The molecule has 0 bridgehead atoms. The summed E-state index contributed by atoms with van der Waals surface area (Å²) >= 11 is 0. The Kier molecular flexibility index (Phi) is 2.05. The van der Waals surface area contributed by atoms with Crippen LogP contribution in [0.5, 0.6) is 0 Å². The van der Waals surface area contributed by atoms with E-state index in [1.165, 1.54) is 13.8 Å². The van der Waals surface area contributed by atoms with Gasteiger partial charge >= 0.3 is 11.9 Å². The topological polar surface area (TPSA) is 43.4 Å². The SMILES string of the molecule is C[14C](=O)O[14C](C)=O. The summed E-state index contributed by atoms with van der Waals surface area (Å²) in [4.78, 5) is 19.6. The molecule has 0 unspecified atom stereocenters. The predicted molar refractivity (Wildman–Crippen MR) is 22.4 cm³/mol. The first-order valence-electron chi connectivity index (χ1n) is 1.82. The zero-order chi connectivity index (χ0) is 5.86. The summed E-state index contributed by atoms with van der Waals surface area (Å²) in [6, 6.07) is 0. The highest BCUT2D eigenvalue weighted by Gasteiger charge is 1.93. The van der Waals surface area contributed by atoms with Gasteiger partial charge in [0.15, 0.2) is 0 Å². The minimum Gasteiger partial charge on any atom is -0.394 e. The van der Waals surface area contributed by atoms with Crippen LogP contribution in [0.2, 0.25) is 0 Å². The third-order valence-electron chi connectivity index (χ3n) is 0.287. The van der Waals surface area contributed by atoms with Crippen molar-refractivity contribution in [2.45, 2.75) is 13.8 Å². The molecule has 0 aromatic rings. The monoisotopic (exact) mass is 106 g/mol. The maximum absolute atomic E-state index is 9.81. The zero-order valence-corrected chi connectivity index (χ0v) is 4.22. The Labute approximate surface area is 41.3 Å². The number of esters is 2. The Hall–Kier alpha value is -0.860. The fraction of sp³-hybridized carbons (Fsp3) is 0.500. The van der Waals surface area contributed by atoms with E-state index in [1.54, 1.807) is 0 Å². The van der Waals surface area contributed by atoms with Gasteiger partial charge in [-0.15, -0.1) is 0 Å². The maximum atomic E-state index is 9.81. The summed E-state index contributed by atoms with van der Waals surface area (Å²) < 4.78 is 3.97. The largest absolute Gasteiger partial charge is 0.394 e. The van der Waals surface area contributed by atoms with Crippen LogP contribution >= 0.6 is 0 Å². The quantitative estimate of drug-likeness (QED) is 0.325. The molecule has 0 atom stereocenters. The Morgan fingerprint density at radius 3 is 1.43 bits per heavy atom. The van der Waals surface area contributed by atoms with Crippen LogP contribution in [0.4, 0.5) is 0 Å². The molecule has 0 spiro atoms. The average molecular weight is 106 g/mol. The van der Waals surface area contributed by atoms with Crippen molar-refractivity contribution in [2.75, 3.05) is 0 Å². The molecule has 0 radical (unpaired) electrons. The van der Waals surface area contributed by atoms with E-state index in [1.807, 2.05) is 0 Å². The third-order valence-corrected chi connectivity index (χ3v) is 0.287. The number of ether oxygens (including phenoxy) is 1. The Morgan fingerprint density at radius 1 is 1.14 bits per heavy atom. The minimum atomic E-state index is -0.562. The Balaban J connectivity index is 3.32. The first-order chi connectivity index (χ1) is 3.13. The predicted octanol–water partition coefficient (Wildman–Crippen LogP) is 0.0960. The lowest BCUT2D eigenvalue weighted by molar-refractivity contribution is -0.156. The summed E-state index contributed by atoms with van der Waals surface area (Å²) in [6.45, 7) is 2.36. The molecule has 0 aliphatic carbocycles. The van der Waals surface area contributed by atoms with Crippen molar-refractivity contribution in [3.63, 3.8) is 0 Å². The number of hydrogen-bond donors (Lipinski definition) is 0. The minimum absolute atomic E-state index is 0.562. The van der Waals surface area contributed by atoms with Crippen molar-refractivity contribution >= 4 is 11.9 Å². The van der Waals surface area contributed by atoms with E-state index in [0.717, 1.165) is 0 Å². The smallest absolute Gasteiger partial charge is 0.310 e. The van der Waals surface area contributed by atoms with Gasteiger partial charge in [-0.2, -0.15) is 0 Å². The molecule has 0 aromatic carbocycles. The molecule has 0 saturated carbocycles. The number of rotatable bonds is 0. The van der Waals surface area contributed by atoms with E-state index in [9.17, 15) is 9.59 Å². The standard InChI is InChI=1S/C4H6O3/c1-3(5)7-4(2)6/h1-2H3/i3+2,4+2. The Bertz CT molecular complexity index is 83.1. The van der Waals surface area contributed by atoms with E-state index in [-0.39, 0.29) is 0 Å². The summed E-state index contributed by atoms with van der Waals surface area (Å²) in [6.07, 6.45) is 0. The molecule has 0 amide bonds. The van der Waals surface area contributed by atoms with Gasteiger partial charge < -0.3 is 4.74 Å². The van der Waals surface area contributed by atoms with E-state index in [0.29, 0.717) is 0 Å². The van der Waals surface area contributed by atoms with Gasteiger partial charge in [-0.3, -0.25) is 9.59 Å². The summed E-state index contributed by atoms with van der Waals surface area (Å²) in [5, 5.41) is 0. The lowest BCUT2D eigenvalue weighted by atomic mass is 11.5. The fourth-order valence-electron chi connectivity index (χ4n) is 0.202. The lowest BCUT2D eigenvalue weighted by Crippen LogP contribution is -2.03. The lowest BCUT2D eigenvalue weighted by Gasteiger charge is -1.87. The highest BCUT2D eigenvalue weighted by molar-refractivity contribution is 5.82. The van der Waals surface area contributed by atoms with Crippen molar-refractivity contribution in [3.8, 4) is 0 Å². The number of carbonyl (C=O) groups excluding carboxylic acids is 2. The van der Waals surface area contributed by atoms with Crippen molar-refractivity contribution in [1.29, 1.82) is 0 Å². The maximum Gasteiger partial charge on any atom is 0.310 e. The van der Waals surface area contributed by atoms with Crippen molar-refractivity contribution in [2.24, 2.45) is 0 Å². The van der Waals surface area contributed by atoms with Crippen LogP contribution in [-0.2, 0) is 14.3 Å². The van der Waals surface area contributed by atoms with Crippen LogP contribution in [0.3, 0.4) is 0 Å². The van der Waals surface area contributed by atoms with Gasteiger partial charge in [-0.25, -0.2) is 0 Å². The molecule has 0 aromatic heterocycles. The number of carbonyl (C=O) groups is 2. The van der Waals surface area contributed by atoms with Crippen LogP contribution in [0.1, 0.15) is 13.8 Å². The molecule has 0 aliphatic heterocycles. The van der Waals surface area contributed by atoms with Crippen LogP contribution in [0.25, 0.3) is 0 Å².